The van der Waals surface area contributed by atoms with Gasteiger partial charge in [0.05, 0.1) is 16.7 Å². The van der Waals surface area contributed by atoms with Gasteiger partial charge in [0.15, 0.2) is 0 Å². The smallest absolute Gasteiger partial charge is 0.399 e. The van der Waals surface area contributed by atoms with Crippen LogP contribution < -0.4 is 15.7 Å². The molecule has 0 aliphatic carbocycles. The molecule has 2 aromatic rings. The number of urea groups is 1. The zero-order valence-electron chi connectivity index (χ0n) is 15.9. The summed E-state index contributed by atoms with van der Waals surface area (Å²) in [7, 11) is -0.596. The number of nitrogens with one attached hydrogen (secondary N) is 1. The normalized spacial score (nSPS) is 21.6. The third-order valence-corrected chi connectivity index (χ3v) is 5.59. The highest BCUT2D eigenvalue weighted by atomic mass is 16.7. The number of nitrogens with zero attached hydrogens (tertiary/aromatic N) is 2. The van der Waals surface area contributed by atoms with Gasteiger partial charge in [-0.05, 0) is 45.9 Å². The number of rotatable bonds is 2. The summed E-state index contributed by atoms with van der Waals surface area (Å²) in [5.41, 5.74) is 1.26. The molecule has 3 amide bonds. The molecule has 8 heteroatoms. The molecule has 1 aromatic heterocycles. The highest BCUT2D eigenvalue weighted by molar-refractivity contribution is 6.65. The fourth-order valence-corrected chi connectivity index (χ4v) is 3.32. The summed E-state index contributed by atoms with van der Waals surface area (Å²) in [4.78, 5) is 29.8. The summed E-state index contributed by atoms with van der Waals surface area (Å²) in [6.07, 6.45) is 1.99. The fourth-order valence-electron chi connectivity index (χ4n) is 3.32. The van der Waals surface area contributed by atoms with E-state index >= 15 is 0 Å². The number of amides is 3. The van der Waals surface area contributed by atoms with Gasteiger partial charge in [-0.3, -0.25) is 20.0 Å². The molecule has 0 bridgehead atoms. The van der Waals surface area contributed by atoms with Crippen molar-refractivity contribution in [3.63, 3.8) is 0 Å². The van der Waals surface area contributed by atoms with Gasteiger partial charge in [0.25, 0.3) is 0 Å². The molecule has 7 nitrogen and oxygen atoms in total. The topological polar surface area (TPSA) is 80.8 Å². The van der Waals surface area contributed by atoms with E-state index in [1.54, 1.807) is 11.1 Å². The van der Waals surface area contributed by atoms with E-state index in [2.05, 4.69) is 10.3 Å². The Balaban J connectivity index is 1.81. The van der Waals surface area contributed by atoms with Crippen molar-refractivity contribution >= 4 is 41.1 Å². The molecule has 2 saturated heterocycles. The lowest BCUT2D eigenvalue weighted by Crippen LogP contribution is -2.50. The second-order valence-corrected chi connectivity index (χ2v) is 7.95. The number of benzene rings is 1. The SMILES string of the molecule is CC1(C)OB(c2cc(N3CCC(=O)NC3=O)cc3cccnc23)OC1(C)C. The van der Waals surface area contributed by atoms with Crippen molar-refractivity contribution < 1.29 is 18.9 Å². The number of carbonyl (C=O) groups is 2. The van der Waals surface area contributed by atoms with E-state index < -0.39 is 24.4 Å². The van der Waals surface area contributed by atoms with Crippen LogP contribution in [-0.4, -0.2) is 41.8 Å². The molecule has 3 heterocycles. The van der Waals surface area contributed by atoms with Crippen LogP contribution in [0.5, 0.6) is 0 Å². The molecule has 2 fully saturated rings. The molecular formula is C19H22BN3O4. The molecule has 1 aromatic carbocycles. The first kappa shape index (κ1) is 17.9. The highest BCUT2D eigenvalue weighted by Gasteiger charge is 2.52. The summed E-state index contributed by atoms with van der Waals surface area (Å²) in [5, 5.41) is 3.24. The average molecular weight is 367 g/mol. The molecule has 0 unspecified atom stereocenters. The lowest BCUT2D eigenvalue weighted by atomic mass is 9.77. The van der Waals surface area contributed by atoms with Crippen molar-refractivity contribution in [1.82, 2.24) is 10.3 Å². The predicted molar refractivity (Wildman–Crippen MR) is 103 cm³/mol. The van der Waals surface area contributed by atoms with Crippen LogP contribution >= 0.6 is 0 Å². The molecule has 2 aliphatic rings. The van der Waals surface area contributed by atoms with E-state index in [1.807, 2.05) is 52.0 Å². The van der Waals surface area contributed by atoms with Crippen molar-refractivity contribution in [3.05, 3.63) is 30.5 Å². The summed E-state index contributed by atoms with van der Waals surface area (Å²) in [6, 6.07) is 7.13. The van der Waals surface area contributed by atoms with Gasteiger partial charge in [0.2, 0.25) is 5.91 Å². The molecule has 0 atom stereocenters. The largest absolute Gasteiger partial charge is 0.497 e. The van der Waals surface area contributed by atoms with Crippen molar-refractivity contribution in [2.75, 3.05) is 11.4 Å². The fraction of sp³-hybridized carbons (Fsp3) is 0.421. The Bertz CT molecular complexity index is 928. The van der Waals surface area contributed by atoms with Crippen LogP contribution in [0, 0.1) is 0 Å². The monoisotopic (exact) mass is 367 g/mol. The number of carbonyl (C=O) groups excluding carboxylic acids is 2. The van der Waals surface area contributed by atoms with E-state index in [4.69, 9.17) is 9.31 Å². The number of anilines is 1. The van der Waals surface area contributed by atoms with Crippen LogP contribution in [0.1, 0.15) is 34.1 Å². The Morgan fingerprint density at radius 1 is 1.15 bits per heavy atom. The number of fused-ring (bicyclic) bond motifs is 1. The van der Waals surface area contributed by atoms with Crippen LogP contribution in [0.2, 0.25) is 0 Å². The van der Waals surface area contributed by atoms with Crippen molar-refractivity contribution in [2.24, 2.45) is 0 Å². The number of imide groups is 1. The minimum absolute atomic E-state index is 0.259. The van der Waals surface area contributed by atoms with Crippen LogP contribution in [0.15, 0.2) is 30.5 Å². The van der Waals surface area contributed by atoms with Gasteiger partial charge in [0, 0.05) is 35.7 Å². The van der Waals surface area contributed by atoms with Gasteiger partial charge in [-0.2, -0.15) is 0 Å². The van der Waals surface area contributed by atoms with E-state index in [0.29, 0.717) is 12.2 Å². The minimum Gasteiger partial charge on any atom is -0.399 e. The molecule has 0 radical (unpaired) electrons. The quantitative estimate of drug-likeness (QED) is 0.821. The molecule has 0 spiro atoms. The third-order valence-electron chi connectivity index (χ3n) is 5.59. The van der Waals surface area contributed by atoms with E-state index in [1.165, 1.54) is 0 Å². The minimum atomic E-state index is -0.596. The molecule has 4 rings (SSSR count). The molecule has 2 aliphatic heterocycles. The second-order valence-electron chi connectivity index (χ2n) is 7.95. The van der Waals surface area contributed by atoms with Gasteiger partial charge in [-0.15, -0.1) is 0 Å². The maximum absolute atomic E-state index is 12.3. The van der Waals surface area contributed by atoms with Crippen LogP contribution in [-0.2, 0) is 14.1 Å². The number of hydrogen-bond donors (Lipinski definition) is 1. The van der Waals surface area contributed by atoms with Crippen molar-refractivity contribution in [2.45, 2.75) is 45.3 Å². The van der Waals surface area contributed by atoms with Gasteiger partial charge in [0.1, 0.15) is 0 Å². The lowest BCUT2D eigenvalue weighted by molar-refractivity contribution is -0.120. The van der Waals surface area contributed by atoms with Crippen LogP contribution in [0.3, 0.4) is 0 Å². The first-order valence-electron chi connectivity index (χ1n) is 9.04. The maximum atomic E-state index is 12.3. The zero-order valence-corrected chi connectivity index (χ0v) is 15.9. The summed E-state index contributed by atoms with van der Waals surface area (Å²) >= 11 is 0. The van der Waals surface area contributed by atoms with Gasteiger partial charge >= 0.3 is 13.1 Å². The molecule has 1 N–H and O–H groups in total. The Labute approximate surface area is 158 Å². The summed E-state index contributed by atoms with van der Waals surface area (Å²) in [5.74, 6) is -0.259. The predicted octanol–water partition coefficient (Wildman–Crippen LogP) is 1.98. The maximum Gasteiger partial charge on any atom is 0.497 e. The van der Waals surface area contributed by atoms with Gasteiger partial charge < -0.3 is 9.31 Å². The number of hydrogen-bond acceptors (Lipinski definition) is 5. The molecule has 0 saturated carbocycles. The van der Waals surface area contributed by atoms with E-state index in [9.17, 15) is 9.59 Å². The van der Waals surface area contributed by atoms with E-state index in [-0.39, 0.29) is 12.3 Å². The Kier molecular flexibility index (Phi) is 4.01. The summed E-state index contributed by atoms with van der Waals surface area (Å²) < 4.78 is 12.4. The molecular weight excluding hydrogens is 345 g/mol. The van der Waals surface area contributed by atoms with E-state index in [0.717, 1.165) is 16.4 Å². The van der Waals surface area contributed by atoms with Crippen molar-refractivity contribution in [3.8, 4) is 0 Å². The summed E-state index contributed by atoms with van der Waals surface area (Å²) in [6.45, 7) is 8.32. The van der Waals surface area contributed by atoms with Crippen molar-refractivity contribution in [1.29, 1.82) is 0 Å². The number of pyridine rings is 1. The number of aromatic nitrogens is 1. The van der Waals surface area contributed by atoms with Crippen LogP contribution in [0.25, 0.3) is 10.9 Å². The Morgan fingerprint density at radius 3 is 2.52 bits per heavy atom. The molecule has 27 heavy (non-hydrogen) atoms. The first-order chi connectivity index (χ1) is 12.7. The standard InChI is InChI=1S/C19H22BN3O4/c1-18(2)19(3,4)27-20(26-18)14-11-13(10-12-6-5-8-21-16(12)14)23-9-7-15(24)22-17(23)25/h5-6,8,10-11H,7,9H2,1-4H3,(H,22,24,25). The average Bonchev–Trinajstić information content (AvgIpc) is 2.81. The Hall–Kier alpha value is -2.45. The highest BCUT2D eigenvalue weighted by Crippen LogP contribution is 2.37. The zero-order chi connectivity index (χ0) is 19.4. The van der Waals surface area contributed by atoms with Gasteiger partial charge in [-0.1, -0.05) is 6.07 Å². The Morgan fingerprint density at radius 2 is 1.85 bits per heavy atom. The third kappa shape index (κ3) is 2.98. The lowest BCUT2D eigenvalue weighted by Gasteiger charge is -2.32. The second kappa shape index (κ2) is 6.04. The first-order valence-corrected chi connectivity index (χ1v) is 9.04. The van der Waals surface area contributed by atoms with Crippen LogP contribution in [0.4, 0.5) is 10.5 Å². The molecule has 140 valence electrons. The van der Waals surface area contributed by atoms with Gasteiger partial charge in [-0.25, -0.2) is 4.79 Å².